The molecule has 0 aromatic heterocycles. The Morgan fingerprint density at radius 1 is 1.21 bits per heavy atom. The van der Waals surface area contributed by atoms with E-state index >= 15 is 0 Å². The molecule has 0 aliphatic heterocycles. The maximum absolute atomic E-state index is 12.5. The number of aliphatic hydroxyl groups excluding tert-OH is 1. The monoisotopic (exact) mass is 327 g/mol. The number of hydrogen-bond donors (Lipinski definition) is 2. The molecule has 0 fully saturated rings. The van der Waals surface area contributed by atoms with Crippen LogP contribution in [0.25, 0.3) is 0 Å². The van der Waals surface area contributed by atoms with E-state index < -0.39 is 6.10 Å². The van der Waals surface area contributed by atoms with Crippen molar-refractivity contribution in [3.8, 4) is 5.75 Å². The fourth-order valence-corrected chi connectivity index (χ4v) is 2.80. The van der Waals surface area contributed by atoms with Crippen molar-refractivity contribution >= 4 is 5.91 Å². The maximum Gasteiger partial charge on any atom is 0.251 e. The van der Waals surface area contributed by atoms with Gasteiger partial charge in [-0.15, -0.1) is 0 Å². The summed E-state index contributed by atoms with van der Waals surface area (Å²) in [5.74, 6) is 0.704. The molecule has 0 saturated carbocycles. The summed E-state index contributed by atoms with van der Waals surface area (Å²) in [5, 5.41) is 12.7. The standard InChI is InChI=1S/C20H25NO3/c1-14-11-18(24-3)9-10-19(14)20(23)21-13-17(12-15(2)22)16-7-5-4-6-8-16/h4-11,15,17,22H,12-13H2,1-3H3,(H,21,23). The molecule has 0 aliphatic carbocycles. The van der Waals surface area contributed by atoms with Gasteiger partial charge in [0.25, 0.3) is 5.91 Å². The van der Waals surface area contributed by atoms with Gasteiger partial charge in [-0.05, 0) is 49.6 Å². The second-order valence-electron chi connectivity index (χ2n) is 6.08. The van der Waals surface area contributed by atoms with Crippen LogP contribution in [0.2, 0.25) is 0 Å². The third-order valence-electron chi connectivity index (χ3n) is 4.08. The molecule has 0 bridgehead atoms. The van der Waals surface area contributed by atoms with E-state index in [-0.39, 0.29) is 11.8 Å². The molecule has 24 heavy (non-hydrogen) atoms. The Hall–Kier alpha value is -2.33. The summed E-state index contributed by atoms with van der Waals surface area (Å²) in [7, 11) is 1.61. The van der Waals surface area contributed by atoms with Crippen LogP contribution in [0.3, 0.4) is 0 Å². The quantitative estimate of drug-likeness (QED) is 0.820. The van der Waals surface area contributed by atoms with E-state index in [1.807, 2.05) is 43.3 Å². The third-order valence-corrected chi connectivity index (χ3v) is 4.08. The van der Waals surface area contributed by atoms with E-state index in [9.17, 15) is 9.90 Å². The zero-order valence-corrected chi connectivity index (χ0v) is 14.5. The summed E-state index contributed by atoms with van der Waals surface area (Å²) < 4.78 is 5.17. The predicted octanol–water partition coefficient (Wildman–Crippen LogP) is 3.29. The van der Waals surface area contributed by atoms with Gasteiger partial charge in [0, 0.05) is 18.0 Å². The molecule has 4 heteroatoms. The highest BCUT2D eigenvalue weighted by Gasteiger charge is 2.17. The topological polar surface area (TPSA) is 58.6 Å². The Balaban J connectivity index is 2.07. The smallest absolute Gasteiger partial charge is 0.251 e. The van der Waals surface area contributed by atoms with Crippen molar-refractivity contribution in [2.45, 2.75) is 32.3 Å². The first-order valence-corrected chi connectivity index (χ1v) is 8.17. The molecule has 128 valence electrons. The number of aliphatic hydroxyl groups is 1. The highest BCUT2D eigenvalue weighted by atomic mass is 16.5. The molecular weight excluding hydrogens is 302 g/mol. The minimum atomic E-state index is -0.421. The molecule has 1 amide bonds. The molecule has 2 N–H and O–H groups in total. The molecule has 2 aromatic carbocycles. The average molecular weight is 327 g/mol. The van der Waals surface area contributed by atoms with Crippen molar-refractivity contribution in [1.29, 1.82) is 0 Å². The summed E-state index contributed by atoms with van der Waals surface area (Å²) in [6.07, 6.45) is 0.182. The van der Waals surface area contributed by atoms with Crippen LogP contribution < -0.4 is 10.1 Å². The first-order valence-electron chi connectivity index (χ1n) is 8.17. The Morgan fingerprint density at radius 3 is 2.50 bits per heavy atom. The van der Waals surface area contributed by atoms with Gasteiger partial charge < -0.3 is 15.2 Å². The van der Waals surface area contributed by atoms with Crippen LogP contribution in [0.15, 0.2) is 48.5 Å². The molecule has 4 nitrogen and oxygen atoms in total. The number of benzene rings is 2. The lowest BCUT2D eigenvalue weighted by Crippen LogP contribution is -2.30. The predicted molar refractivity (Wildman–Crippen MR) is 95.5 cm³/mol. The Bertz CT molecular complexity index is 668. The number of nitrogens with one attached hydrogen (secondary N) is 1. The Morgan fingerprint density at radius 2 is 1.92 bits per heavy atom. The van der Waals surface area contributed by atoms with Gasteiger partial charge in [0.1, 0.15) is 5.75 Å². The van der Waals surface area contributed by atoms with Gasteiger partial charge in [0.05, 0.1) is 13.2 Å². The van der Waals surface area contributed by atoms with Gasteiger partial charge in [-0.2, -0.15) is 0 Å². The zero-order chi connectivity index (χ0) is 17.5. The lowest BCUT2D eigenvalue weighted by atomic mass is 9.93. The molecule has 0 heterocycles. The highest BCUT2D eigenvalue weighted by molar-refractivity contribution is 5.95. The zero-order valence-electron chi connectivity index (χ0n) is 14.5. The number of carbonyl (C=O) groups is 1. The molecule has 2 rings (SSSR count). The second kappa shape index (κ2) is 8.50. The molecule has 0 saturated heterocycles. The van der Waals surface area contributed by atoms with E-state index in [0.29, 0.717) is 18.5 Å². The number of methoxy groups -OCH3 is 1. The van der Waals surface area contributed by atoms with Gasteiger partial charge in [-0.1, -0.05) is 30.3 Å². The van der Waals surface area contributed by atoms with E-state index in [4.69, 9.17) is 4.74 Å². The molecule has 0 spiro atoms. The minimum Gasteiger partial charge on any atom is -0.497 e. The summed E-state index contributed by atoms with van der Waals surface area (Å²) in [6.45, 7) is 4.15. The number of aryl methyl sites for hydroxylation is 1. The van der Waals surface area contributed by atoms with Crippen LogP contribution in [-0.2, 0) is 0 Å². The van der Waals surface area contributed by atoms with Crippen LogP contribution in [-0.4, -0.2) is 30.8 Å². The summed E-state index contributed by atoms with van der Waals surface area (Å²) in [5.41, 5.74) is 2.63. The fraction of sp³-hybridized carbons (Fsp3) is 0.350. The SMILES string of the molecule is COc1ccc(C(=O)NCC(CC(C)O)c2ccccc2)c(C)c1. The first kappa shape index (κ1) is 18.0. The first-order chi connectivity index (χ1) is 11.5. The van der Waals surface area contributed by atoms with Crippen molar-refractivity contribution in [1.82, 2.24) is 5.32 Å². The number of hydrogen-bond acceptors (Lipinski definition) is 3. The molecule has 2 aromatic rings. The van der Waals surface area contributed by atoms with Crippen LogP contribution >= 0.6 is 0 Å². The summed E-state index contributed by atoms with van der Waals surface area (Å²) >= 11 is 0. The summed E-state index contributed by atoms with van der Waals surface area (Å²) in [4.78, 5) is 12.5. The van der Waals surface area contributed by atoms with Crippen molar-refractivity contribution < 1.29 is 14.6 Å². The van der Waals surface area contributed by atoms with Gasteiger partial charge in [0.15, 0.2) is 0 Å². The second-order valence-corrected chi connectivity index (χ2v) is 6.08. The van der Waals surface area contributed by atoms with E-state index in [1.54, 1.807) is 26.2 Å². The van der Waals surface area contributed by atoms with Crippen LogP contribution in [0.5, 0.6) is 5.75 Å². The van der Waals surface area contributed by atoms with Gasteiger partial charge in [-0.3, -0.25) is 4.79 Å². The minimum absolute atomic E-state index is 0.0775. The van der Waals surface area contributed by atoms with Crippen LogP contribution in [0.4, 0.5) is 0 Å². The van der Waals surface area contributed by atoms with E-state index in [0.717, 1.165) is 16.9 Å². The van der Waals surface area contributed by atoms with Crippen molar-refractivity contribution in [2.75, 3.05) is 13.7 Å². The number of rotatable bonds is 7. The third kappa shape index (κ3) is 4.83. The lowest BCUT2D eigenvalue weighted by Gasteiger charge is -2.20. The lowest BCUT2D eigenvalue weighted by molar-refractivity contribution is 0.0945. The maximum atomic E-state index is 12.5. The van der Waals surface area contributed by atoms with Crippen molar-refractivity contribution in [2.24, 2.45) is 0 Å². The normalized spacial score (nSPS) is 13.2. The van der Waals surface area contributed by atoms with E-state index in [2.05, 4.69) is 5.32 Å². The molecule has 2 unspecified atom stereocenters. The molecule has 2 atom stereocenters. The largest absolute Gasteiger partial charge is 0.497 e. The molecule has 0 radical (unpaired) electrons. The van der Waals surface area contributed by atoms with E-state index in [1.165, 1.54) is 0 Å². The van der Waals surface area contributed by atoms with Gasteiger partial charge in [0.2, 0.25) is 0 Å². The van der Waals surface area contributed by atoms with Gasteiger partial charge >= 0.3 is 0 Å². The average Bonchev–Trinajstić information content (AvgIpc) is 2.58. The molecular formula is C20H25NO3. The number of carbonyl (C=O) groups excluding carboxylic acids is 1. The van der Waals surface area contributed by atoms with Crippen molar-refractivity contribution in [3.63, 3.8) is 0 Å². The summed E-state index contributed by atoms with van der Waals surface area (Å²) in [6, 6.07) is 15.4. The van der Waals surface area contributed by atoms with Crippen LogP contribution in [0, 0.1) is 6.92 Å². The Labute approximate surface area is 143 Å². The number of ether oxygens (including phenoxy) is 1. The number of amides is 1. The Kier molecular flexibility index (Phi) is 6.38. The fourth-order valence-electron chi connectivity index (χ4n) is 2.80. The highest BCUT2D eigenvalue weighted by Crippen LogP contribution is 2.21. The molecule has 0 aliphatic rings. The van der Waals surface area contributed by atoms with Crippen LogP contribution in [0.1, 0.15) is 40.7 Å². The van der Waals surface area contributed by atoms with Crippen molar-refractivity contribution in [3.05, 3.63) is 65.2 Å². The van der Waals surface area contributed by atoms with Gasteiger partial charge in [-0.25, -0.2) is 0 Å².